The van der Waals surface area contributed by atoms with E-state index in [-0.39, 0.29) is 22.8 Å². The molecule has 0 bridgehead atoms. The first-order chi connectivity index (χ1) is 15.6. The van der Waals surface area contributed by atoms with Crippen LogP contribution in [0.25, 0.3) is 0 Å². The number of ether oxygens (including phenoxy) is 2. The van der Waals surface area contributed by atoms with E-state index in [1.54, 1.807) is 0 Å². The molecule has 0 heterocycles. The highest BCUT2D eigenvalue weighted by atomic mass is 16.5. The van der Waals surface area contributed by atoms with Gasteiger partial charge in [-0.3, -0.25) is 9.59 Å². The number of hydrogen-bond acceptors (Lipinski definition) is 4. The van der Waals surface area contributed by atoms with E-state index in [1.807, 2.05) is 0 Å². The van der Waals surface area contributed by atoms with Crippen molar-refractivity contribution in [3.63, 3.8) is 0 Å². The Morgan fingerprint density at radius 1 is 0.515 bits per heavy atom. The minimum atomic E-state index is -0.0717. The molecule has 4 nitrogen and oxygen atoms in total. The van der Waals surface area contributed by atoms with Gasteiger partial charge in [-0.25, -0.2) is 0 Å². The number of rotatable bonds is 22. The van der Waals surface area contributed by atoms with Gasteiger partial charge < -0.3 is 9.47 Å². The highest BCUT2D eigenvalue weighted by Gasteiger charge is 2.20. The average molecular weight is 469 g/mol. The summed E-state index contributed by atoms with van der Waals surface area (Å²) in [4.78, 5) is 24.0. The second kappa shape index (κ2) is 19.3. The quantitative estimate of drug-likeness (QED) is 0.118. The third kappa shape index (κ3) is 21.2. The molecular weight excluding hydrogens is 412 g/mol. The van der Waals surface area contributed by atoms with Crippen LogP contribution in [-0.4, -0.2) is 25.2 Å². The molecular formula is C29H56O4. The van der Waals surface area contributed by atoms with Crippen LogP contribution in [0.3, 0.4) is 0 Å². The number of carbonyl (C=O) groups excluding carboxylic acids is 2. The molecule has 0 unspecified atom stereocenters. The SMILES string of the molecule is CCCCCCC(C)(C)COC(=O)CCCCCCCC(=O)OCC(C)(C)CCCCCC. The van der Waals surface area contributed by atoms with Crippen LogP contribution in [0.2, 0.25) is 0 Å². The smallest absolute Gasteiger partial charge is 0.305 e. The maximum absolute atomic E-state index is 12.0. The maximum atomic E-state index is 12.0. The van der Waals surface area contributed by atoms with Gasteiger partial charge in [0.15, 0.2) is 0 Å². The molecule has 0 aromatic carbocycles. The van der Waals surface area contributed by atoms with Crippen LogP contribution in [0.5, 0.6) is 0 Å². The Morgan fingerprint density at radius 2 is 0.848 bits per heavy atom. The Hall–Kier alpha value is -1.06. The predicted molar refractivity (Wildman–Crippen MR) is 139 cm³/mol. The molecule has 0 amide bonds. The molecule has 0 spiro atoms. The first kappa shape index (κ1) is 31.9. The fourth-order valence-electron chi connectivity index (χ4n) is 3.97. The van der Waals surface area contributed by atoms with Gasteiger partial charge in [-0.15, -0.1) is 0 Å². The average Bonchev–Trinajstić information content (AvgIpc) is 2.76. The van der Waals surface area contributed by atoms with Crippen molar-refractivity contribution in [2.45, 2.75) is 151 Å². The van der Waals surface area contributed by atoms with Crippen LogP contribution < -0.4 is 0 Å². The van der Waals surface area contributed by atoms with Crippen LogP contribution >= 0.6 is 0 Å². The van der Waals surface area contributed by atoms with Crippen LogP contribution in [0.15, 0.2) is 0 Å². The molecule has 0 N–H and O–H groups in total. The van der Waals surface area contributed by atoms with Gasteiger partial charge in [0.1, 0.15) is 0 Å². The summed E-state index contributed by atoms with van der Waals surface area (Å²) in [7, 11) is 0. The van der Waals surface area contributed by atoms with Crippen molar-refractivity contribution >= 4 is 11.9 Å². The van der Waals surface area contributed by atoms with E-state index >= 15 is 0 Å². The Labute approximate surface area is 206 Å². The first-order valence-electron chi connectivity index (χ1n) is 13.9. The van der Waals surface area contributed by atoms with Crippen LogP contribution in [0.4, 0.5) is 0 Å². The molecule has 0 atom stereocenters. The maximum Gasteiger partial charge on any atom is 0.305 e. The molecule has 0 saturated heterocycles. The number of hydrogen-bond donors (Lipinski definition) is 0. The largest absolute Gasteiger partial charge is 0.465 e. The van der Waals surface area contributed by atoms with Crippen LogP contribution in [-0.2, 0) is 19.1 Å². The molecule has 196 valence electrons. The van der Waals surface area contributed by atoms with E-state index in [2.05, 4.69) is 41.5 Å². The standard InChI is InChI=1S/C29H56O4/c1-7-9-11-18-22-28(3,4)24-32-26(30)20-16-14-13-15-17-21-27(31)33-25-29(5,6)23-19-12-10-8-2/h7-25H2,1-6H3. The lowest BCUT2D eigenvalue weighted by molar-refractivity contribution is -0.147. The fourth-order valence-corrected chi connectivity index (χ4v) is 3.97. The van der Waals surface area contributed by atoms with Crippen molar-refractivity contribution < 1.29 is 19.1 Å². The Morgan fingerprint density at radius 3 is 1.21 bits per heavy atom. The minimum absolute atomic E-state index is 0.0717. The zero-order valence-corrected chi connectivity index (χ0v) is 23.1. The number of unbranched alkanes of at least 4 members (excludes halogenated alkanes) is 10. The predicted octanol–water partition coefficient (Wildman–Crippen LogP) is 8.80. The molecule has 0 aliphatic carbocycles. The summed E-state index contributed by atoms with van der Waals surface area (Å²) in [5, 5.41) is 0. The number of esters is 2. The zero-order valence-electron chi connectivity index (χ0n) is 23.1. The first-order valence-corrected chi connectivity index (χ1v) is 13.9. The van der Waals surface area contributed by atoms with Gasteiger partial charge in [0.2, 0.25) is 0 Å². The molecule has 0 radical (unpaired) electrons. The second-order valence-corrected chi connectivity index (χ2v) is 11.5. The lowest BCUT2D eigenvalue weighted by Crippen LogP contribution is -2.22. The van der Waals surface area contributed by atoms with Gasteiger partial charge in [0.25, 0.3) is 0 Å². The molecule has 4 heteroatoms. The van der Waals surface area contributed by atoms with Crippen molar-refractivity contribution in [2.24, 2.45) is 10.8 Å². The van der Waals surface area contributed by atoms with Gasteiger partial charge >= 0.3 is 11.9 Å². The molecule has 0 fully saturated rings. The Bertz CT molecular complexity index is 452. The van der Waals surface area contributed by atoms with Crippen LogP contribution in [0.1, 0.15) is 151 Å². The van der Waals surface area contributed by atoms with E-state index in [0.717, 1.165) is 44.9 Å². The van der Waals surface area contributed by atoms with E-state index < -0.39 is 0 Å². The van der Waals surface area contributed by atoms with Gasteiger partial charge in [-0.1, -0.05) is 112 Å². The molecule has 33 heavy (non-hydrogen) atoms. The van der Waals surface area contributed by atoms with Gasteiger partial charge in [-0.05, 0) is 36.5 Å². The summed E-state index contributed by atoms with van der Waals surface area (Å²) >= 11 is 0. The van der Waals surface area contributed by atoms with Gasteiger partial charge in [0.05, 0.1) is 13.2 Å². The molecule has 0 saturated carbocycles. The summed E-state index contributed by atoms with van der Waals surface area (Å²) in [6.45, 7) is 14.2. The van der Waals surface area contributed by atoms with Gasteiger partial charge in [-0.2, -0.15) is 0 Å². The highest BCUT2D eigenvalue weighted by Crippen LogP contribution is 2.25. The lowest BCUT2D eigenvalue weighted by atomic mass is 9.88. The third-order valence-electron chi connectivity index (χ3n) is 6.42. The lowest BCUT2D eigenvalue weighted by Gasteiger charge is -2.24. The summed E-state index contributed by atoms with van der Waals surface area (Å²) in [6, 6.07) is 0. The van der Waals surface area contributed by atoms with E-state index in [0.29, 0.717) is 26.1 Å². The van der Waals surface area contributed by atoms with Crippen molar-refractivity contribution in [3.8, 4) is 0 Å². The summed E-state index contributed by atoms with van der Waals surface area (Å²) in [5.74, 6) is -0.143. The topological polar surface area (TPSA) is 52.6 Å². The summed E-state index contributed by atoms with van der Waals surface area (Å²) < 4.78 is 11.0. The van der Waals surface area contributed by atoms with E-state index in [9.17, 15) is 9.59 Å². The molecule has 0 aromatic heterocycles. The normalized spacial score (nSPS) is 12.1. The van der Waals surface area contributed by atoms with E-state index in [1.165, 1.54) is 51.4 Å². The number of carbonyl (C=O) groups is 2. The summed E-state index contributed by atoms with van der Waals surface area (Å²) in [5.41, 5.74) is 0.143. The second-order valence-electron chi connectivity index (χ2n) is 11.5. The fraction of sp³-hybridized carbons (Fsp3) is 0.931. The van der Waals surface area contributed by atoms with Crippen molar-refractivity contribution in [3.05, 3.63) is 0 Å². The molecule has 0 rings (SSSR count). The zero-order chi connectivity index (χ0) is 25.0. The Balaban J connectivity index is 3.68. The van der Waals surface area contributed by atoms with Gasteiger partial charge in [0, 0.05) is 12.8 Å². The van der Waals surface area contributed by atoms with E-state index in [4.69, 9.17) is 9.47 Å². The molecule has 0 aromatic rings. The minimum Gasteiger partial charge on any atom is -0.465 e. The Kier molecular flexibility index (Phi) is 18.6. The summed E-state index contributed by atoms with van der Waals surface area (Å²) in [6.07, 6.45) is 18.0. The molecule has 0 aliphatic rings. The van der Waals surface area contributed by atoms with Crippen molar-refractivity contribution in [1.29, 1.82) is 0 Å². The highest BCUT2D eigenvalue weighted by molar-refractivity contribution is 5.69. The van der Waals surface area contributed by atoms with Crippen molar-refractivity contribution in [2.75, 3.05) is 13.2 Å². The molecule has 0 aliphatic heterocycles. The third-order valence-corrected chi connectivity index (χ3v) is 6.42. The monoisotopic (exact) mass is 468 g/mol. The van der Waals surface area contributed by atoms with Crippen molar-refractivity contribution in [1.82, 2.24) is 0 Å². The van der Waals surface area contributed by atoms with Crippen LogP contribution in [0, 0.1) is 10.8 Å².